The van der Waals surface area contributed by atoms with Crippen LogP contribution in [0.25, 0.3) is 0 Å². The molecule has 1 unspecified atom stereocenters. The second kappa shape index (κ2) is 8.52. The first kappa shape index (κ1) is 20.9. The molecule has 2 aliphatic rings. The third-order valence-corrected chi connectivity index (χ3v) is 8.34. The maximum absolute atomic E-state index is 13.0. The molecular weight excluding hydrogens is 442 g/mol. The molecule has 0 saturated heterocycles. The van der Waals surface area contributed by atoms with Crippen LogP contribution in [0.4, 0.5) is 5.69 Å². The largest absolute Gasteiger partial charge is 0.344 e. The molecule has 32 heavy (non-hydrogen) atoms. The summed E-state index contributed by atoms with van der Waals surface area (Å²) in [5.74, 6) is 0.658. The number of sulfonamides is 1. The summed E-state index contributed by atoms with van der Waals surface area (Å²) >= 11 is 1.68. The Bertz CT molecular complexity index is 1260. The summed E-state index contributed by atoms with van der Waals surface area (Å²) in [5.41, 5.74) is 1.78. The minimum Gasteiger partial charge on any atom is -0.344 e. The zero-order valence-corrected chi connectivity index (χ0v) is 19.0. The first-order valence-corrected chi connectivity index (χ1v) is 13.0. The van der Waals surface area contributed by atoms with Crippen molar-refractivity contribution in [2.75, 3.05) is 5.32 Å². The highest BCUT2D eigenvalue weighted by Crippen LogP contribution is 2.37. The maximum atomic E-state index is 13.0. The molecule has 164 valence electrons. The first-order valence-electron chi connectivity index (χ1n) is 10.7. The second-order valence-electron chi connectivity index (χ2n) is 8.12. The number of carbonyl (C=O) groups is 1. The Kier molecular flexibility index (Phi) is 5.57. The molecule has 2 heterocycles. The average Bonchev–Trinajstić information content (AvgIpc) is 3.55. The highest BCUT2D eigenvalue weighted by molar-refractivity contribution is 7.90. The van der Waals surface area contributed by atoms with E-state index in [-0.39, 0.29) is 22.7 Å². The predicted molar refractivity (Wildman–Crippen MR) is 127 cm³/mol. The number of rotatable bonds is 5. The van der Waals surface area contributed by atoms with Gasteiger partial charge >= 0.3 is 0 Å². The smallest absolute Gasteiger partial charge is 0.285 e. The van der Waals surface area contributed by atoms with E-state index in [1.165, 1.54) is 17.7 Å². The zero-order chi connectivity index (χ0) is 22.1. The molecule has 2 N–H and O–H groups in total. The van der Waals surface area contributed by atoms with Crippen molar-refractivity contribution in [2.45, 2.75) is 36.6 Å². The van der Waals surface area contributed by atoms with Gasteiger partial charge in [-0.2, -0.15) is 8.42 Å². The van der Waals surface area contributed by atoms with Gasteiger partial charge in [-0.05, 0) is 66.6 Å². The number of amides is 1. The van der Waals surface area contributed by atoms with E-state index >= 15 is 0 Å². The second-order valence-corrected chi connectivity index (χ2v) is 10.7. The van der Waals surface area contributed by atoms with Gasteiger partial charge < -0.3 is 10.6 Å². The third-order valence-electron chi connectivity index (χ3n) is 6.05. The van der Waals surface area contributed by atoms with Gasteiger partial charge in [-0.1, -0.05) is 31.0 Å². The number of amidine groups is 1. The molecule has 2 aromatic carbocycles. The fourth-order valence-corrected chi connectivity index (χ4v) is 6.49. The molecule has 0 bridgehead atoms. The lowest BCUT2D eigenvalue weighted by molar-refractivity contribution is 0.0923. The Morgan fingerprint density at radius 2 is 1.75 bits per heavy atom. The van der Waals surface area contributed by atoms with Crippen molar-refractivity contribution in [3.63, 3.8) is 0 Å². The van der Waals surface area contributed by atoms with E-state index in [4.69, 9.17) is 0 Å². The summed E-state index contributed by atoms with van der Waals surface area (Å²) in [5, 5.41) is 8.36. The highest BCUT2D eigenvalue weighted by Gasteiger charge is 2.30. The average molecular weight is 466 g/mol. The standard InChI is InChI=1S/C24H23N3O3S2/c28-24(26-22(16-6-1-2-7-16)20-9-5-15-31-20)17-11-13-18(14-12-17)25-23-19-8-3-4-10-21(19)32(29,30)27-23/h3-5,8-16,22H,1-2,6-7H2,(H,25,27)(H,26,28). The van der Waals surface area contributed by atoms with Gasteiger partial charge in [0.2, 0.25) is 0 Å². The minimum atomic E-state index is -3.68. The van der Waals surface area contributed by atoms with Gasteiger partial charge in [0.15, 0.2) is 5.84 Å². The van der Waals surface area contributed by atoms with E-state index < -0.39 is 10.0 Å². The number of hydrogen-bond donors (Lipinski definition) is 2. The molecular formula is C24H23N3O3S2. The van der Waals surface area contributed by atoms with Crippen LogP contribution in [0.5, 0.6) is 0 Å². The van der Waals surface area contributed by atoms with Crippen molar-refractivity contribution >= 4 is 38.8 Å². The van der Waals surface area contributed by atoms with Crippen LogP contribution in [0, 0.1) is 5.92 Å². The molecule has 1 saturated carbocycles. The van der Waals surface area contributed by atoms with Crippen molar-refractivity contribution in [1.29, 1.82) is 0 Å². The normalized spacial score (nSPS) is 18.1. The summed E-state index contributed by atoms with van der Waals surface area (Å²) in [4.78, 5) is 14.4. The number of nitrogens with one attached hydrogen (secondary N) is 2. The minimum absolute atomic E-state index is 0.0392. The molecule has 1 aromatic heterocycles. The van der Waals surface area contributed by atoms with Gasteiger partial charge in [0, 0.05) is 21.7 Å². The summed E-state index contributed by atoms with van der Waals surface area (Å²) in [7, 11) is -3.68. The summed E-state index contributed by atoms with van der Waals surface area (Å²) in [6, 6.07) is 17.9. The molecule has 0 radical (unpaired) electrons. The number of hydrogen-bond acceptors (Lipinski definition) is 5. The van der Waals surface area contributed by atoms with Crippen LogP contribution in [0.1, 0.15) is 52.5 Å². The zero-order valence-electron chi connectivity index (χ0n) is 17.3. The van der Waals surface area contributed by atoms with E-state index in [1.807, 2.05) is 11.4 Å². The maximum Gasteiger partial charge on any atom is 0.285 e. The summed E-state index contributed by atoms with van der Waals surface area (Å²) in [6.07, 6.45) is 4.70. The molecule has 1 aliphatic heterocycles. The SMILES string of the molecule is O=C(NC(c1cccs1)C1CCCC1)c1ccc(NC2=NS(=O)(=O)c3ccccc32)cc1. The molecule has 1 fully saturated rings. The monoisotopic (exact) mass is 465 g/mol. The lowest BCUT2D eigenvalue weighted by Gasteiger charge is -2.24. The fourth-order valence-electron chi connectivity index (χ4n) is 4.44. The van der Waals surface area contributed by atoms with Gasteiger partial charge in [-0.15, -0.1) is 15.7 Å². The van der Waals surface area contributed by atoms with E-state index in [2.05, 4.69) is 21.1 Å². The van der Waals surface area contributed by atoms with E-state index in [0.717, 1.165) is 12.8 Å². The number of carbonyl (C=O) groups excluding carboxylic acids is 1. The van der Waals surface area contributed by atoms with Crippen LogP contribution in [0.3, 0.4) is 0 Å². The predicted octanol–water partition coefficient (Wildman–Crippen LogP) is 4.97. The van der Waals surface area contributed by atoms with Gasteiger partial charge in [-0.3, -0.25) is 4.79 Å². The lowest BCUT2D eigenvalue weighted by atomic mass is 9.96. The van der Waals surface area contributed by atoms with Crippen LogP contribution in [0.15, 0.2) is 75.3 Å². The topological polar surface area (TPSA) is 87.6 Å². The van der Waals surface area contributed by atoms with Crippen LogP contribution >= 0.6 is 11.3 Å². The number of nitrogens with zero attached hydrogens (tertiary/aromatic N) is 1. The molecule has 1 atom stereocenters. The molecule has 1 amide bonds. The van der Waals surface area contributed by atoms with Gasteiger partial charge in [0.05, 0.1) is 6.04 Å². The number of thiophene rings is 1. The third kappa shape index (κ3) is 4.08. The van der Waals surface area contributed by atoms with Gasteiger partial charge in [0.25, 0.3) is 15.9 Å². The van der Waals surface area contributed by atoms with Crippen molar-refractivity contribution in [1.82, 2.24) is 5.32 Å². The molecule has 6 nitrogen and oxygen atoms in total. The Balaban J connectivity index is 1.31. The van der Waals surface area contributed by atoms with Gasteiger partial charge in [0.1, 0.15) is 4.90 Å². The number of fused-ring (bicyclic) bond motifs is 1. The summed E-state index contributed by atoms with van der Waals surface area (Å²) in [6.45, 7) is 0. The van der Waals surface area contributed by atoms with E-state index in [9.17, 15) is 13.2 Å². The number of benzene rings is 2. The molecule has 5 rings (SSSR count). The lowest BCUT2D eigenvalue weighted by Crippen LogP contribution is -2.32. The molecule has 3 aromatic rings. The molecule has 1 aliphatic carbocycles. The first-order chi connectivity index (χ1) is 15.5. The Hall–Kier alpha value is -2.97. The van der Waals surface area contributed by atoms with Crippen LogP contribution in [0.2, 0.25) is 0 Å². The fraction of sp³-hybridized carbons (Fsp3) is 0.250. The highest BCUT2D eigenvalue weighted by atomic mass is 32.2. The Morgan fingerprint density at radius 1 is 1.00 bits per heavy atom. The van der Waals surface area contributed by atoms with Crippen LogP contribution in [-0.4, -0.2) is 20.2 Å². The van der Waals surface area contributed by atoms with E-state index in [0.29, 0.717) is 22.7 Å². The van der Waals surface area contributed by atoms with Crippen molar-refractivity contribution in [3.05, 3.63) is 82.0 Å². The molecule has 8 heteroatoms. The number of anilines is 1. The van der Waals surface area contributed by atoms with Crippen molar-refractivity contribution in [2.24, 2.45) is 10.3 Å². The Labute approximate surface area is 191 Å². The van der Waals surface area contributed by atoms with Crippen LogP contribution in [-0.2, 0) is 10.0 Å². The molecule has 0 spiro atoms. The van der Waals surface area contributed by atoms with Gasteiger partial charge in [-0.25, -0.2) is 0 Å². The Morgan fingerprint density at radius 3 is 2.47 bits per heavy atom. The van der Waals surface area contributed by atoms with Crippen molar-refractivity contribution in [3.8, 4) is 0 Å². The van der Waals surface area contributed by atoms with Crippen molar-refractivity contribution < 1.29 is 13.2 Å². The van der Waals surface area contributed by atoms with Crippen LogP contribution < -0.4 is 10.6 Å². The quantitative estimate of drug-likeness (QED) is 0.557. The van der Waals surface area contributed by atoms with E-state index in [1.54, 1.807) is 59.9 Å². The summed E-state index contributed by atoms with van der Waals surface area (Å²) < 4.78 is 28.3.